The maximum Gasteiger partial charge on any atom is 0.178 e. The van der Waals surface area contributed by atoms with E-state index in [1.54, 1.807) is 0 Å². The van der Waals surface area contributed by atoms with Crippen LogP contribution in [0.3, 0.4) is 0 Å². The highest BCUT2D eigenvalue weighted by Gasteiger charge is 2.20. The van der Waals surface area contributed by atoms with E-state index in [0.29, 0.717) is 0 Å². The molecule has 0 unspecified atom stereocenters. The van der Waals surface area contributed by atoms with Gasteiger partial charge in [-0.2, -0.15) is 0 Å². The SMILES string of the molecule is CC(C)(C)c1ccc2oc3c(ccc4c5cc(C(C)(C)C)ccc5oc43)c2c1. The molecule has 2 heterocycles. The molecule has 0 N–H and O–H groups in total. The summed E-state index contributed by atoms with van der Waals surface area (Å²) >= 11 is 0. The fraction of sp³-hybridized carbons (Fsp3) is 0.308. The molecule has 0 radical (unpaired) electrons. The Balaban J connectivity index is 1.84. The minimum absolute atomic E-state index is 0.102. The second kappa shape index (κ2) is 5.41. The van der Waals surface area contributed by atoms with Crippen molar-refractivity contribution in [3.05, 3.63) is 59.7 Å². The maximum absolute atomic E-state index is 6.27. The lowest BCUT2D eigenvalue weighted by molar-refractivity contribution is 0.589. The van der Waals surface area contributed by atoms with E-state index in [1.807, 2.05) is 0 Å². The first-order chi connectivity index (χ1) is 13.1. The number of hydrogen-bond acceptors (Lipinski definition) is 2. The van der Waals surface area contributed by atoms with E-state index < -0.39 is 0 Å². The molecule has 0 atom stereocenters. The summed E-state index contributed by atoms with van der Waals surface area (Å²) in [7, 11) is 0. The van der Waals surface area contributed by atoms with Crippen LogP contribution in [0.1, 0.15) is 52.7 Å². The molecule has 0 bridgehead atoms. The Morgan fingerprint density at radius 2 is 0.893 bits per heavy atom. The first-order valence-corrected chi connectivity index (χ1v) is 9.95. The van der Waals surface area contributed by atoms with E-state index in [9.17, 15) is 0 Å². The molecule has 0 fully saturated rings. The standard InChI is InChI=1S/C26H26O2/c1-25(2,3)15-7-11-21-19(13-15)17-9-10-18-20-14-16(26(4,5)6)8-12-22(20)28-24(18)23(17)27-21/h7-14H,1-6H3. The van der Waals surface area contributed by atoms with Gasteiger partial charge in [0.25, 0.3) is 0 Å². The predicted octanol–water partition coefficient (Wildman–Crippen LogP) is 8.08. The summed E-state index contributed by atoms with van der Waals surface area (Å²) in [5, 5.41) is 4.53. The minimum atomic E-state index is 0.102. The molecule has 0 saturated carbocycles. The molecule has 0 saturated heterocycles. The van der Waals surface area contributed by atoms with Gasteiger partial charge in [0, 0.05) is 21.5 Å². The minimum Gasteiger partial charge on any atom is -0.452 e. The molecular weight excluding hydrogens is 344 g/mol. The number of fused-ring (bicyclic) bond motifs is 7. The molecule has 2 nitrogen and oxygen atoms in total. The lowest BCUT2D eigenvalue weighted by Crippen LogP contribution is -2.10. The molecule has 0 aliphatic rings. The van der Waals surface area contributed by atoms with Crippen LogP contribution in [0.5, 0.6) is 0 Å². The molecular formula is C26H26O2. The zero-order valence-corrected chi connectivity index (χ0v) is 17.4. The predicted molar refractivity (Wildman–Crippen MR) is 118 cm³/mol. The number of rotatable bonds is 0. The summed E-state index contributed by atoms with van der Waals surface area (Å²) in [6, 6.07) is 17.4. The molecule has 0 aliphatic carbocycles. The third kappa shape index (κ3) is 2.47. The Hall–Kier alpha value is -2.74. The number of furan rings is 2. The van der Waals surface area contributed by atoms with Crippen molar-refractivity contribution in [2.75, 3.05) is 0 Å². The summed E-state index contributed by atoms with van der Waals surface area (Å²) < 4.78 is 12.5. The van der Waals surface area contributed by atoms with E-state index in [1.165, 1.54) is 11.1 Å². The summed E-state index contributed by atoms with van der Waals surface area (Å²) in [6.07, 6.45) is 0. The molecule has 0 amide bonds. The first-order valence-electron chi connectivity index (χ1n) is 9.95. The highest BCUT2D eigenvalue weighted by Crippen LogP contribution is 2.40. The Morgan fingerprint density at radius 1 is 0.500 bits per heavy atom. The average Bonchev–Trinajstić information content (AvgIpc) is 3.17. The Bertz CT molecular complexity index is 1260. The van der Waals surface area contributed by atoms with Crippen molar-refractivity contribution in [3.63, 3.8) is 0 Å². The van der Waals surface area contributed by atoms with Crippen molar-refractivity contribution in [3.8, 4) is 0 Å². The highest BCUT2D eigenvalue weighted by molar-refractivity contribution is 6.18. The van der Waals surface area contributed by atoms with Gasteiger partial charge in [-0.3, -0.25) is 0 Å². The van der Waals surface area contributed by atoms with Crippen molar-refractivity contribution in [1.82, 2.24) is 0 Å². The van der Waals surface area contributed by atoms with E-state index in [0.717, 1.165) is 43.9 Å². The van der Waals surface area contributed by atoms with Gasteiger partial charge in [0.2, 0.25) is 0 Å². The molecule has 2 heteroatoms. The van der Waals surface area contributed by atoms with Crippen LogP contribution in [0.25, 0.3) is 43.9 Å². The van der Waals surface area contributed by atoms with Gasteiger partial charge in [-0.25, -0.2) is 0 Å². The maximum atomic E-state index is 6.27. The second-order valence-electron chi connectivity index (χ2n) is 9.94. The van der Waals surface area contributed by atoms with E-state index >= 15 is 0 Å². The van der Waals surface area contributed by atoms with E-state index in [4.69, 9.17) is 8.83 Å². The molecule has 2 aromatic heterocycles. The van der Waals surface area contributed by atoms with E-state index in [-0.39, 0.29) is 10.8 Å². The molecule has 28 heavy (non-hydrogen) atoms. The van der Waals surface area contributed by atoms with Gasteiger partial charge in [-0.1, -0.05) is 53.7 Å². The zero-order valence-electron chi connectivity index (χ0n) is 17.4. The van der Waals surface area contributed by atoms with Crippen LogP contribution in [0.4, 0.5) is 0 Å². The van der Waals surface area contributed by atoms with Crippen molar-refractivity contribution in [2.24, 2.45) is 0 Å². The zero-order chi connectivity index (χ0) is 19.8. The Kier molecular flexibility index (Phi) is 3.35. The molecule has 5 rings (SSSR count). The van der Waals surface area contributed by atoms with Gasteiger partial charge in [0.1, 0.15) is 11.2 Å². The Labute approximate surface area is 165 Å². The lowest BCUT2D eigenvalue weighted by Gasteiger charge is -2.18. The van der Waals surface area contributed by atoms with Gasteiger partial charge in [0.15, 0.2) is 11.2 Å². The smallest absolute Gasteiger partial charge is 0.178 e. The van der Waals surface area contributed by atoms with Gasteiger partial charge in [-0.15, -0.1) is 0 Å². The quantitative estimate of drug-likeness (QED) is 0.275. The first kappa shape index (κ1) is 17.4. The van der Waals surface area contributed by atoms with Crippen LogP contribution in [-0.4, -0.2) is 0 Å². The molecule has 5 aromatic rings. The summed E-state index contributed by atoms with van der Waals surface area (Å²) in [6.45, 7) is 13.4. The Morgan fingerprint density at radius 3 is 1.25 bits per heavy atom. The van der Waals surface area contributed by atoms with Crippen LogP contribution in [0.15, 0.2) is 57.4 Å². The van der Waals surface area contributed by atoms with Crippen LogP contribution in [0, 0.1) is 0 Å². The third-order valence-electron chi connectivity index (χ3n) is 5.81. The van der Waals surface area contributed by atoms with Crippen molar-refractivity contribution in [2.45, 2.75) is 52.4 Å². The van der Waals surface area contributed by atoms with Crippen molar-refractivity contribution < 1.29 is 8.83 Å². The highest BCUT2D eigenvalue weighted by atomic mass is 16.4. The van der Waals surface area contributed by atoms with Crippen LogP contribution < -0.4 is 0 Å². The lowest BCUT2D eigenvalue weighted by atomic mass is 9.86. The van der Waals surface area contributed by atoms with E-state index in [2.05, 4.69) is 90.1 Å². The van der Waals surface area contributed by atoms with Gasteiger partial charge in [-0.05, 0) is 58.4 Å². The average molecular weight is 370 g/mol. The van der Waals surface area contributed by atoms with Crippen LogP contribution >= 0.6 is 0 Å². The molecule has 3 aromatic carbocycles. The number of hydrogen-bond donors (Lipinski definition) is 0. The monoisotopic (exact) mass is 370 g/mol. The molecule has 142 valence electrons. The fourth-order valence-corrected chi connectivity index (χ4v) is 4.00. The van der Waals surface area contributed by atoms with Gasteiger partial charge in [0.05, 0.1) is 0 Å². The fourth-order valence-electron chi connectivity index (χ4n) is 4.00. The van der Waals surface area contributed by atoms with Gasteiger partial charge >= 0.3 is 0 Å². The van der Waals surface area contributed by atoms with Crippen molar-refractivity contribution in [1.29, 1.82) is 0 Å². The summed E-state index contributed by atoms with van der Waals surface area (Å²) in [5.74, 6) is 0. The largest absolute Gasteiger partial charge is 0.452 e. The topological polar surface area (TPSA) is 26.3 Å². The summed E-state index contributed by atoms with van der Waals surface area (Å²) in [4.78, 5) is 0. The van der Waals surface area contributed by atoms with Crippen molar-refractivity contribution >= 4 is 43.9 Å². The second-order valence-corrected chi connectivity index (χ2v) is 9.94. The normalized spacial score (nSPS) is 13.4. The van der Waals surface area contributed by atoms with Gasteiger partial charge < -0.3 is 8.83 Å². The summed E-state index contributed by atoms with van der Waals surface area (Å²) in [5.41, 5.74) is 6.32. The molecule has 0 spiro atoms. The van der Waals surface area contributed by atoms with Crippen LogP contribution in [0.2, 0.25) is 0 Å². The third-order valence-corrected chi connectivity index (χ3v) is 5.81. The van der Waals surface area contributed by atoms with Crippen LogP contribution in [-0.2, 0) is 10.8 Å². The number of benzene rings is 3. The molecule has 0 aliphatic heterocycles.